The van der Waals surface area contributed by atoms with E-state index in [4.69, 9.17) is 9.97 Å². The largest absolute Gasteiger partial charge is 0.354 e. The average Bonchev–Trinajstić information content (AvgIpc) is 2.25. The van der Waals surface area contributed by atoms with Crippen LogP contribution in [0.15, 0.2) is 340 Å². The van der Waals surface area contributed by atoms with E-state index in [0.717, 1.165) is 78.3 Å². The van der Waals surface area contributed by atoms with E-state index in [1.807, 2.05) is 95.7 Å². The molecule has 8 nitrogen and oxygen atoms in total. The Morgan fingerprint density at radius 1 is 0.348 bits per heavy atom. The molecule has 0 amide bonds. The first-order valence-electron chi connectivity index (χ1n) is 29.6. The highest BCUT2D eigenvalue weighted by molar-refractivity contribution is 7.79. The number of H-pyrrole nitrogens is 1. The number of nitrogens with one attached hydrogen (secondary N) is 1. The predicted molar refractivity (Wildman–Crippen MR) is 370 cm³/mol. The van der Waals surface area contributed by atoms with Gasteiger partial charge in [0.2, 0.25) is 0 Å². The monoisotopic (exact) mass is 1160 g/mol. The minimum atomic E-state index is -0.446. The van der Waals surface area contributed by atoms with Crippen LogP contribution in [0.3, 0.4) is 0 Å². The number of fused-ring (bicyclic) bond motifs is 6. The minimum Gasteiger partial charge on any atom is -0.354 e. The molecule has 0 aliphatic heterocycles. The Morgan fingerprint density at radius 3 is 1.27 bits per heavy atom. The molecule has 1 N–H and O–H groups in total. The van der Waals surface area contributed by atoms with Crippen molar-refractivity contribution in [3.8, 4) is 67.5 Å². The van der Waals surface area contributed by atoms with Crippen molar-refractivity contribution in [1.82, 2.24) is 24.1 Å². The van der Waals surface area contributed by atoms with Crippen LogP contribution < -0.4 is 15.9 Å². The molecule has 0 saturated heterocycles. The van der Waals surface area contributed by atoms with Crippen molar-refractivity contribution in [1.29, 1.82) is 0 Å². The molecule has 5 aromatic heterocycles. The van der Waals surface area contributed by atoms with Crippen molar-refractivity contribution in [2.24, 2.45) is 0 Å². The number of para-hydroxylation sites is 3. The fourth-order valence-corrected chi connectivity index (χ4v) is 14.1. The molecule has 0 unspecified atom stereocenters. The highest BCUT2D eigenvalue weighted by Crippen LogP contribution is 2.39. The number of nitro groups is 1. The van der Waals surface area contributed by atoms with Crippen LogP contribution in [0.25, 0.3) is 111 Å². The van der Waals surface area contributed by atoms with Crippen molar-refractivity contribution in [2.45, 2.75) is 0 Å². The fourth-order valence-electron chi connectivity index (χ4n) is 11.8. The van der Waals surface area contributed by atoms with E-state index < -0.39 is 7.92 Å². The Bertz CT molecular complexity index is 4890. The fraction of sp³-hybridized carbons (Fsp3) is 0. The zero-order valence-corrected chi connectivity index (χ0v) is 49.2. The van der Waals surface area contributed by atoms with Crippen LogP contribution in [-0.2, 0) is 0 Å². The van der Waals surface area contributed by atoms with E-state index >= 15 is 0 Å². The van der Waals surface area contributed by atoms with E-state index in [-0.39, 0.29) is 10.6 Å². The number of pyridine rings is 2. The van der Waals surface area contributed by atoms with Gasteiger partial charge >= 0.3 is 0 Å². The number of nitrogens with zero attached hydrogens (tertiary/aromatic N) is 5. The van der Waals surface area contributed by atoms with Crippen LogP contribution in [-0.4, -0.2) is 29.0 Å². The van der Waals surface area contributed by atoms with Gasteiger partial charge in [0.1, 0.15) is 11.6 Å². The van der Waals surface area contributed by atoms with E-state index in [0.29, 0.717) is 5.56 Å². The van der Waals surface area contributed by atoms with Crippen LogP contribution in [0, 0.1) is 10.1 Å². The molecule has 0 atom stereocenters. The van der Waals surface area contributed by atoms with Crippen molar-refractivity contribution in [3.05, 3.63) is 350 Å². The summed E-state index contributed by atoms with van der Waals surface area (Å²) in [5, 5.41) is 20.6. The third kappa shape index (κ3) is 11.6. The number of aromatic nitrogens is 5. The first-order chi connectivity index (χ1) is 44.0. The lowest BCUT2D eigenvalue weighted by Crippen LogP contribution is -2.20. The van der Waals surface area contributed by atoms with Gasteiger partial charge in [-0.1, -0.05) is 267 Å². The lowest BCUT2D eigenvalue weighted by molar-refractivity contribution is -0.384. The van der Waals surface area contributed by atoms with Gasteiger partial charge in [-0.2, -0.15) is 0 Å². The Morgan fingerprint density at radius 2 is 0.764 bits per heavy atom. The molecule has 11 aromatic carbocycles. The zero-order valence-electron chi connectivity index (χ0n) is 48.3. The molecular formula is C80H57N6O2P. The topological polar surface area (TPSA) is 94.6 Å². The van der Waals surface area contributed by atoms with Gasteiger partial charge in [-0.15, -0.1) is 0 Å². The maximum Gasteiger partial charge on any atom is 0.277 e. The van der Waals surface area contributed by atoms with E-state index in [9.17, 15) is 10.1 Å². The summed E-state index contributed by atoms with van der Waals surface area (Å²) in [5.41, 5.74) is 14.2. The molecule has 0 fully saturated rings. The van der Waals surface area contributed by atoms with E-state index in [2.05, 4.69) is 240 Å². The summed E-state index contributed by atoms with van der Waals surface area (Å²) in [7, 11) is -0.446. The summed E-state index contributed by atoms with van der Waals surface area (Å²) >= 11 is 0. The second-order valence-corrected chi connectivity index (χ2v) is 23.7. The van der Waals surface area contributed by atoms with Gasteiger partial charge < -0.3 is 14.1 Å². The summed E-state index contributed by atoms with van der Waals surface area (Å²) in [4.78, 5) is 25.3. The molecule has 0 radical (unpaired) electrons. The standard InChI is InChI=1S/C31H21N3O2.C31H21N3.C18H15P/c35-34(36)29-17-8-7-15-26(29)27-16-9-14-24-18-19-33(31(24)27)30-21-25(22-10-3-1-4-11-22)20-28(32-30)23-12-5-2-6-13-23;1-3-9-21(10-4-1)24-19-28(22-11-5-2-6-12-22)33-29(20-24)34-18-17-23-15-16-27-30(31(23)34)25-13-7-8-14-26(25)32-27;1-4-10-16(11-5-1)19(17-12-6-2-7-13-17)18-14-8-3-9-15-18/h1-21H;1-20,32H;1-15H. The number of nitro benzene ring substituents is 1. The first-order valence-corrected chi connectivity index (χ1v) is 30.9. The molecule has 0 bridgehead atoms. The van der Waals surface area contributed by atoms with Gasteiger partial charge in [0.25, 0.3) is 5.69 Å². The predicted octanol–water partition coefficient (Wildman–Crippen LogP) is 19.4. The number of hydrogen-bond acceptors (Lipinski definition) is 4. The summed E-state index contributed by atoms with van der Waals surface area (Å²) in [6.45, 7) is 0. The molecule has 9 heteroatoms. The molecule has 16 aromatic rings. The van der Waals surface area contributed by atoms with Crippen LogP contribution in [0.2, 0.25) is 0 Å². The highest BCUT2D eigenvalue weighted by Gasteiger charge is 2.21. The van der Waals surface area contributed by atoms with Gasteiger partial charge in [-0.05, 0) is 101 Å². The highest BCUT2D eigenvalue weighted by atomic mass is 31.1. The van der Waals surface area contributed by atoms with Crippen molar-refractivity contribution in [2.75, 3.05) is 0 Å². The maximum absolute atomic E-state index is 11.8. The molecule has 0 aliphatic carbocycles. The van der Waals surface area contributed by atoms with Crippen LogP contribution in [0.4, 0.5) is 5.69 Å². The Balaban J connectivity index is 0.000000122. The molecule has 424 valence electrons. The minimum absolute atomic E-state index is 0.0775. The first kappa shape index (κ1) is 55.3. The second kappa shape index (κ2) is 25.2. The molecule has 16 rings (SSSR count). The van der Waals surface area contributed by atoms with Gasteiger partial charge in [0, 0.05) is 67.7 Å². The Kier molecular flexibility index (Phi) is 15.6. The van der Waals surface area contributed by atoms with Gasteiger partial charge in [-0.3, -0.25) is 10.1 Å². The quantitative estimate of drug-likeness (QED) is 0.0793. The van der Waals surface area contributed by atoms with E-state index in [1.165, 1.54) is 43.2 Å². The summed E-state index contributed by atoms with van der Waals surface area (Å²) in [6, 6.07) is 112. The molecule has 0 spiro atoms. The van der Waals surface area contributed by atoms with Crippen molar-refractivity contribution >= 4 is 73.1 Å². The van der Waals surface area contributed by atoms with Crippen LogP contribution in [0.1, 0.15) is 0 Å². The van der Waals surface area contributed by atoms with E-state index in [1.54, 1.807) is 18.2 Å². The normalized spacial score (nSPS) is 11.1. The summed E-state index contributed by atoms with van der Waals surface area (Å²) < 4.78 is 4.26. The second-order valence-electron chi connectivity index (χ2n) is 21.5. The Labute approximate surface area is 516 Å². The number of hydrogen-bond donors (Lipinski definition) is 1. The molecule has 0 aliphatic rings. The molecular weight excluding hydrogens is 1110 g/mol. The van der Waals surface area contributed by atoms with Gasteiger partial charge in [-0.25, -0.2) is 9.97 Å². The molecule has 0 saturated carbocycles. The number of benzene rings is 11. The average molecular weight is 1170 g/mol. The van der Waals surface area contributed by atoms with Crippen LogP contribution in [0.5, 0.6) is 0 Å². The van der Waals surface area contributed by atoms with Crippen molar-refractivity contribution < 1.29 is 4.92 Å². The van der Waals surface area contributed by atoms with Crippen LogP contribution >= 0.6 is 7.92 Å². The van der Waals surface area contributed by atoms with Gasteiger partial charge in [0.05, 0.1) is 32.9 Å². The number of rotatable bonds is 11. The third-order valence-corrected chi connectivity index (χ3v) is 18.4. The lowest BCUT2D eigenvalue weighted by atomic mass is 10.0. The maximum atomic E-state index is 11.8. The summed E-state index contributed by atoms with van der Waals surface area (Å²) in [6.07, 6.45) is 4.12. The number of aromatic amines is 1. The molecule has 89 heavy (non-hydrogen) atoms. The molecule has 5 heterocycles. The summed E-state index contributed by atoms with van der Waals surface area (Å²) in [5.74, 6) is 1.66. The van der Waals surface area contributed by atoms with Crippen molar-refractivity contribution in [3.63, 3.8) is 0 Å². The smallest absolute Gasteiger partial charge is 0.277 e. The third-order valence-electron chi connectivity index (χ3n) is 15.9. The Hall–Kier alpha value is -11.6. The van der Waals surface area contributed by atoms with Gasteiger partial charge in [0.15, 0.2) is 0 Å². The zero-order chi connectivity index (χ0) is 59.9. The SMILES string of the molecule is O=[N+]([O-])c1ccccc1-c1cccc2ccn(-c3cc(-c4ccccc4)cc(-c4ccccc4)n3)c12.c1ccc(-c2cc(-c3ccccc3)nc(-n3ccc4ccc5[nH]c6ccccc6c5c43)c2)cc1.c1ccc(P(c2ccccc2)c2ccccc2)cc1. The lowest BCUT2D eigenvalue weighted by Gasteiger charge is -2.18.